The summed E-state index contributed by atoms with van der Waals surface area (Å²) in [5, 5.41) is 0. The van der Waals surface area contributed by atoms with Gasteiger partial charge in [0.1, 0.15) is 0 Å². The van der Waals surface area contributed by atoms with Gasteiger partial charge in [-0.1, -0.05) is 33.1 Å². The highest BCUT2D eigenvalue weighted by atomic mass is 19.3. The van der Waals surface area contributed by atoms with Crippen LogP contribution in [0.3, 0.4) is 0 Å². The van der Waals surface area contributed by atoms with Gasteiger partial charge in [-0.2, -0.15) is 0 Å². The summed E-state index contributed by atoms with van der Waals surface area (Å²) in [5.74, 6) is -1.26. The number of hydrogen-bond donors (Lipinski definition) is 0. The number of fused-ring (bicyclic) bond motifs is 5. The smallest absolute Gasteiger partial charge is 0.207 e. The molecule has 4 aliphatic carbocycles. The molecule has 0 spiro atoms. The van der Waals surface area contributed by atoms with Crippen molar-refractivity contribution >= 4 is 0 Å². The Kier molecular flexibility index (Phi) is 3.06. The molecule has 0 N–H and O–H groups in total. The van der Waals surface area contributed by atoms with Crippen LogP contribution in [0.2, 0.25) is 0 Å². The van der Waals surface area contributed by atoms with Gasteiger partial charge in [-0.05, 0) is 67.1 Å². The van der Waals surface area contributed by atoms with Gasteiger partial charge in [-0.25, -0.2) is 8.78 Å². The molecule has 4 saturated carbocycles. The summed E-state index contributed by atoms with van der Waals surface area (Å²) in [6, 6.07) is 0. The molecule has 0 aromatic rings. The van der Waals surface area contributed by atoms with E-state index >= 15 is 0 Å². The van der Waals surface area contributed by atoms with Gasteiger partial charge in [0, 0.05) is 12.3 Å². The Balaban J connectivity index is 1.72. The van der Waals surface area contributed by atoms with Crippen LogP contribution in [0.25, 0.3) is 0 Å². The van der Waals surface area contributed by atoms with E-state index < -0.39 is 5.92 Å². The minimum absolute atomic E-state index is 0.0748. The summed E-state index contributed by atoms with van der Waals surface area (Å²) in [6.07, 6.45) is 10.5. The number of halogens is 2. The number of alkyl halides is 2. The topological polar surface area (TPSA) is 0 Å². The van der Waals surface area contributed by atoms with Crippen LogP contribution in [0.1, 0.15) is 78.1 Å². The van der Waals surface area contributed by atoms with E-state index in [1.807, 2.05) is 0 Å². The van der Waals surface area contributed by atoms with Gasteiger partial charge in [0.2, 0.25) is 0 Å². The molecule has 0 aromatic heterocycles. The van der Waals surface area contributed by atoms with Gasteiger partial charge in [0.05, 0.1) is 0 Å². The van der Waals surface area contributed by atoms with E-state index in [0.717, 1.165) is 19.3 Å². The molecule has 0 amide bonds. The van der Waals surface area contributed by atoms with Crippen molar-refractivity contribution in [3.63, 3.8) is 0 Å². The van der Waals surface area contributed by atoms with Crippen LogP contribution < -0.4 is 0 Å². The Morgan fingerprint density at radius 1 is 0.810 bits per heavy atom. The van der Waals surface area contributed by atoms with E-state index in [1.54, 1.807) is 0 Å². The highest BCUT2D eigenvalue weighted by Crippen LogP contribution is 2.68. The first-order valence-corrected chi connectivity index (χ1v) is 9.25. The zero-order valence-electron chi connectivity index (χ0n) is 13.6. The zero-order chi connectivity index (χ0) is 14.9. The van der Waals surface area contributed by atoms with Gasteiger partial charge < -0.3 is 0 Å². The molecule has 0 saturated heterocycles. The van der Waals surface area contributed by atoms with Crippen molar-refractivity contribution in [3.8, 4) is 0 Å². The molecular weight excluding hydrogens is 266 g/mol. The molecule has 4 aliphatic rings. The monoisotopic (exact) mass is 296 g/mol. The highest BCUT2D eigenvalue weighted by molar-refractivity contribution is 5.10. The third kappa shape index (κ3) is 1.89. The number of rotatable bonds is 0. The minimum atomic E-state index is -2.41. The van der Waals surface area contributed by atoms with E-state index in [0.29, 0.717) is 23.2 Å². The second-order valence-electron chi connectivity index (χ2n) is 9.23. The predicted octanol–water partition coefficient (Wildman–Crippen LogP) is 6.05. The first-order valence-electron chi connectivity index (χ1n) is 9.25. The van der Waals surface area contributed by atoms with Crippen LogP contribution in [0.5, 0.6) is 0 Å². The lowest BCUT2D eigenvalue weighted by Crippen LogP contribution is -2.58. The molecule has 4 rings (SSSR count). The maximum absolute atomic E-state index is 14.9. The summed E-state index contributed by atoms with van der Waals surface area (Å²) in [5.41, 5.74) is 0.309. The molecule has 0 bridgehead atoms. The summed E-state index contributed by atoms with van der Waals surface area (Å²) in [6.45, 7) is 4.63. The van der Waals surface area contributed by atoms with E-state index in [2.05, 4.69) is 13.8 Å². The normalized spacial score (nSPS) is 55.4. The summed E-state index contributed by atoms with van der Waals surface area (Å²) >= 11 is 0. The fourth-order valence-corrected chi connectivity index (χ4v) is 7.34. The minimum Gasteiger partial charge on any atom is -0.207 e. The van der Waals surface area contributed by atoms with Crippen molar-refractivity contribution in [3.05, 3.63) is 0 Å². The highest BCUT2D eigenvalue weighted by Gasteiger charge is 2.64. The van der Waals surface area contributed by atoms with E-state index in [4.69, 9.17) is 0 Å². The zero-order valence-corrected chi connectivity index (χ0v) is 13.6. The average molecular weight is 296 g/mol. The summed E-state index contributed by atoms with van der Waals surface area (Å²) < 4.78 is 29.9. The number of hydrogen-bond acceptors (Lipinski definition) is 0. The fraction of sp³-hybridized carbons (Fsp3) is 1.00. The molecule has 2 heteroatoms. The molecule has 1 unspecified atom stereocenters. The SMILES string of the molecule is C[C@@]12CCC[C@H]1[C@@H]1CC(F)(F)C3CCCC[C@]3(C)[C@H]1CC2. The van der Waals surface area contributed by atoms with Gasteiger partial charge in [0.25, 0.3) is 5.92 Å². The maximum Gasteiger partial charge on any atom is 0.251 e. The first kappa shape index (κ1) is 14.5. The van der Waals surface area contributed by atoms with Crippen LogP contribution >= 0.6 is 0 Å². The predicted molar refractivity (Wildman–Crippen MR) is 81.3 cm³/mol. The van der Waals surface area contributed by atoms with Crippen molar-refractivity contribution in [2.75, 3.05) is 0 Å². The first-order chi connectivity index (χ1) is 9.87. The van der Waals surface area contributed by atoms with Crippen molar-refractivity contribution in [2.45, 2.75) is 84.0 Å². The Labute approximate surface area is 128 Å². The van der Waals surface area contributed by atoms with Crippen LogP contribution in [0, 0.1) is 34.5 Å². The van der Waals surface area contributed by atoms with E-state index in [9.17, 15) is 8.78 Å². The largest absolute Gasteiger partial charge is 0.251 e. The summed E-state index contributed by atoms with van der Waals surface area (Å²) in [7, 11) is 0. The molecule has 0 nitrogen and oxygen atoms in total. The fourth-order valence-electron chi connectivity index (χ4n) is 7.34. The molecule has 0 radical (unpaired) electrons. The van der Waals surface area contributed by atoms with E-state index in [1.165, 1.54) is 38.5 Å². The molecule has 0 heterocycles. The van der Waals surface area contributed by atoms with Gasteiger partial charge >= 0.3 is 0 Å². The van der Waals surface area contributed by atoms with Crippen LogP contribution in [-0.2, 0) is 0 Å². The van der Waals surface area contributed by atoms with Gasteiger partial charge in [-0.15, -0.1) is 0 Å². The second-order valence-corrected chi connectivity index (χ2v) is 9.23. The molecular formula is C19H30F2. The Morgan fingerprint density at radius 2 is 1.62 bits per heavy atom. The molecule has 0 aromatic carbocycles. The molecule has 4 fully saturated rings. The van der Waals surface area contributed by atoms with Gasteiger partial charge in [0.15, 0.2) is 0 Å². The standard InChI is InChI=1S/C19H30F2/c1-17-9-5-6-14(17)13-12-19(20,21)16-7-3-4-10-18(16,2)15(13)8-11-17/h13-16H,3-12H2,1-2H3/t13-,14-,15-,16?,17-,18+/m0/s1. The molecule has 21 heavy (non-hydrogen) atoms. The quantitative estimate of drug-likeness (QED) is 0.510. The van der Waals surface area contributed by atoms with Crippen molar-refractivity contribution < 1.29 is 8.78 Å². The second kappa shape index (κ2) is 4.45. The van der Waals surface area contributed by atoms with Crippen molar-refractivity contribution in [2.24, 2.45) is 34.5 Å². The third-order valence-electron chi connectivity index (χ3n) is 8.34. The van der Waals surface area contributed by atoms with Crippen molar-refractivity contribution in [1.29, 1.82) is 0 Å². The third-order valence-corrected chi connectivity index (χ3v) is 8.34. The Hall–Kier alpha value is -0.140. The lowest BCUT2D eigenvalue weighted by molar-refractivity contribution is -0.222. The lowest BCUT2D eigenvalue weighted by Gasteiger charge is -2.61. The molecule has 0 aliphatic heterocycles. The van der Waals surface area contributed by atoms with Gasteiger partial charge in [-0.3, -0.25) is 0 Å². The average Bonchev–Trinajstić information content (AvgIpc) is 2.80. The summed E-state index contributed by atoms with van der Waals surface area (Å²) in [4.78, 5) is 0. The van der Waals surface area contributed by atoms with Crippen LogP contribution in [-0.4, -0.2) is 5.92 Å². The molecule has 6 atom stereocenters. The van der Waals surface area contributed by atoms with E-state index in [-0.39, 0.29) is 17.8 Å². The Bertz CT molecular complexity index is 431. The van der Waals surface area contributed by atoms with Crippen LogP contribution in [0.15, 0.2) is 0 Å². The Morgan fingerprint density at radius 3 is 2.43 bits per heavy atom. The lowest BCUT2D eigenvalue weighted by atomic mass is 9.44. The molecule has 120 valence electrons. The van der Waals surface area contributed by atoms with Crippen LogP contribution in [0.4, 0.5) is 8.78 Å². The van der Waals surface area contributed by atoms with Crippen molar-refractivity contribution in [1.82, 2.24) is 0 Å². The maximum atomic E-state index is 14.9.